The van der Waals surface area contributed by atoms with Gasteiger partial charge in [0.2, 0.25) is 5.92 Å². The van der Waals surface area contributed by atoms with Gasteiger partial charge in [-0.2, -0.15) is 0 Å². The fourth-order valence-corrected chi connectivity index (χ4v) is 5.80. The van der Waals surface area contributed by atoms with Crippen molar-refractivity contribution in [3.63, 3.8) is 0 Å². The standard InChI is InChI=1S/C25H24F3NO2/c26-19-3-1-2-16(12-19)17-4-5-20(29-15-17)6-7-22-21-8-11-25(27,28)14-18(21)13-24(22)10-9-23(30)31-24/h1-7,12,15,18,21-22H,8-11,13-14H2/b7-6+/t18-,21+,22-,24+/m0/s1. The van der Waals surface area contributed by atoms with Gasteiger partial charge in [0.05, 0.1) is 5.69 Å². The summed E-state index contributed by atoms with van der Waals surface area (Å²) in [6.07, 6.45) is 7.26. The van der Waals surface area contributed by atoms with Gasteiger partial charge in [0.1, 0.15) is 11.4 Å². The highest BCUT2D eigenvalue weighted by Gasteiger charge is 2.60. The first kappa shape index (κ1) is 20.3. The molecule has 2 heterocycles. The summed E-state index contributed by atoms with van der Waals surface area (Å²) in [6, 6.07) is 10.1. The van der Waals surface area contributed by atoms with Crippen molar-refractivity contribution in [3.8, 4) is 11.1 Å². The lowest BCUT2D eigenvalue weighted by Crippen LogP contribution is -2.35. The van der Waals surface area contributed by atoms with E-state index < -0.39 is 11.5 Å². The molecule has 2 saturated carbocycles. The quantitative estimate of drug-likeness (QED) is 0.560. The largest absolute Gasteiger partial charge is 0.458 e. The van der Waals surface area contributed by atoms with Crippen molar-refractivity contribution in [2.45, 2.75) is 50.0 Å². The molecule has 0 amide bonds. The number of fused-ring (bicyclic) bond motifs is 1. The smallest absolute Gasteiger partial charge is 0.306 e. The summed E-state index contributed by atoms with van der Waals surface area (Å²) in [4.78, 5) is 16.4. The van der Waals surface area contributed by atoms with Crippen LogP contribution in [0.2, 0.25) is 0 Å². The molecule has 162 valence electrons. The van der Waals surface area contributed by atoms with Crippen molar-refractivity contribution >= 4 is 12.0 Å². The maximum absolute atomic E-state index is 14.0. The zero-order valence-electron chi connectivity index (χ0n) is 17.1. The van der Waals surface area contributed by atoms with Crippen LogP contribution in [-0.4, -0.2) is 22.5 Å². The molecule has 1 aromatic heterocycles. The van der Waals surface area contributed by atoms with Gasteiger partial charge in [-0.05, 0) is 60.9 Å². The second-order valence-electron chi connectivity index (χ2n) is 9.13. The van der Waals surface area contributed by atoms with Gasteiger partial charge in [-0.3, -0.25) is 9.78 Å². The van der Waals surface area contributed by atoms with Crippen molar-refractivity contribution in [2.75, 3.05) is 0 Å². The zero-order valence-corrected chi connectivity index (χ0v) is 17.1. The molecule has 5 rings (SSSR count). The highest BCUT2D eigenvalue weighted by Crippen LogP contribution is 2.59. The number of carbonyl (C=O) groups excluding carboxylic acids is 1. The first-order valence-electron chi connectivity index (χ1n) is 10.8. The lowest BCUT2D eigenvalue weighted by atomic mass is 9.75. The van der Waals surface area contributed by atoms with E-state index in [4.69, 9.17) is 4.74 Å². The van der Waals surface area contributed by atoms with Crippen LogP contribution >= 0.6 is 0 Å². The first-order valence-corrected chi connectivity index (χ1v) is 10.8. The monoisotopic (exact) mass is 427 g/mol. The van der Waals surface area contributed by atoms with Crippen LogP contribution in [0.1, 0.15) is 44.2 Å². The summed E-state index contributed by atoms with van der Waals surface area (Å²) in [5.41, 5.74) is 1.63. The molecule has 1 saturated heterocycles. The van der Waals surface area contributed by atoms with E-state index in [2.05, 4.69) is 4.98 Å². The summed E-state index contributed by atoms with van der Waals surface area (Å²) in [7, 11) is 0. The number of aromatic nitrogens is 1. The van der Waals surface area contributed by atoms with Crippen LogP contribution in [0.25, 0.3) is 17.2 Å². The lowest BCUT2D eigenvalue weighted by molar-refractivity contribution is -0.150. The third kappa shape index (κ3) is 3.88. The predicted octanol–water partition coefficient (Wildman–Crippen LogP) is 6.05. The van der Waals surface area contributed by atoms with Crippen molar-refractivity contribution in [1.29, 1.82) is 0 Å². The molecule has 1 aliphatic heterocycles. The topological polar surface area (TPSA) is 39.2 Å². The number of pyridine rings is 1. The van der Waals surface area contributed by atoms with Gasteiger partial charge in [-0.1, -0.05) is 24.3 Å². The zero-order chi connectivity index (χ0) is 21.6. The highest BCUT2D eigenvalue weighted by molar-refractivity contribution is 5.72. The number of halogens is 3. The summed E-state index contributed by atoms with van der Waals surface area (Å²) in [6.45, 7) is 0. The van der Waals surface area contributed by atoms with Crippen LogP contribution in [0.5, 0.6) is 0 Å². The Labute approximate surface area is 179 Å². The minimum atomic E-state index is -2.63. The Hall–Kier alpha value is -2.63. The minimum absolute atomic E-state index is 0.0789. The Morgan fingerprint density at radius 2 is 1.97 bits per heavy atom. The van der Waals surface area contributed by atoms with Gasteiger partial charge in [0.25, 0.3) is 0 Å². The Balaban J connectivity index is 1.39. The Morgan fingerprint density at radius 1 is 1.10 bits per heavy atom. The van der Waals surface area contributed by atoms with E-state index in [0.29, 0.717) is 25.7 Å². The summed E-state index contributed by atoms with van der Waals surface area (Å²) >= 11 is 0. The molecule has 3 fully saturated rings. The van der Waals surface area contributed by atoms with E-state index in [1.165, 1.54) is 12.1 Å². The fraction of sp³-hybridized carbons (Fsp3) is 0.440. The summed E-state index contributed by atoms with van der Waals surface area (Å²) in [5, 5.41) is 0. The molecule has 6 heteroatoms. The lowest BCUT2D eigenvalue weighted by Gasteiger charge is -2.34. The van der Waals surface area contributed by atoms with E-state index in [1.54, 1.807) is 12.3 Å². The molecule has 1 aromatic carbocycles. The Kier molecular flexibility index (Phi) is 4.91. The van der Waals surface area contributed by atoms with Gasteiger partial charge >= 0.3 is 5.97 Å². The van der Waals surface area contributed by atoms with Gasteiger partial charge in [0, 0.05) is 36.9 Å². The molecular weight excluding hydrogens is 403 g/mol. The maximum Gasteiger partial charge on any atom is 0.306 e. The molecule has 3 nitrogen and oxygen atoms in total. The average Bonchev–Trinajstić information content (AvgIpc) is 3.24. The van der Waals surface area contributed by atoms with Crippen LogP contribution in [0.15, 0.2) is 48.7 Å². The number of rotatable bonds is 3. The van der Waals surface area contributed by atoms with Gasteiger partial charge < -0.3 is 4.74 Å². The number of carbonyl (C=O) groups is 1. The minimum Gasteiger partial charge on any atom is -0.458 e. The Bertz CT molecular complexity index is 1020. The van der Waals surface area contributed by atoms with Crippen LogP contribution < -0.4 is 0 Å². The van der Waals surface area contributed by atoms with E-state index in [0.717, 1.165) is 16.8 Å². The second kappa shape index (κ2) is 7.50. The van der Waals surface area contributed by atoms with Crippen molar-refractivity contribution < 1.29 is 22.7 Å². The molecule has 31 heavy (non-hydrogen) atoms. The van der Waals surface area contributed by atoms with E-state index in [-0.39, 0.29) is 42.4 Å². The number of alkyl halides is 2. The molecule has 1 spiro atoms. The molecule has 0 unspecified atom stereocenters. The average molecular weight is 427 g/mol. The number of esters is 1. The molecule has 0 radical (unpaired) electrons. The van der Waals surface area contributed by atoms with Crippen LogP contribution in [-0.2, 0) is 9.53 Å². The number of hydrogen-bond acceptors (Lipinski definition) is 3. The molecule has 0 bridgehead atoms. The molecular formula is C25H24F3NO2. The van der Waals surface area contributed by atoms with E-state index in [9.17, 15) is 18.0 Å². The van der Waals surface area contributed by atoms with E-state index in [1.807, 2.05) is 30.4 Å². The number of hydrogen-bond donors (Lipinski definition) is 0. The van der Waals surface area contributed by atoms with Crippen LogP contribution in [0.4, 0.5) is 13.2 Å². The SMILES string of the molecule is O=C1CC[C@]2(C[C@H]3CC(F)(F)CC[C@H]3[C@@H]2/C=C/c2ccc(-c3cccc(F)c3)cn2)O1. The molecule has 2 aromatic rings. The maximum atomic E-state index is 14.0. The van der Waals surface area contributed by atoms with Gasteiger partial charge in [-0.15, -0.1) is 0 Å². The van der Waals surface area contributed by atoms with Gasteiger partial charge in [0.15, 0.2) is 0 Å². The van der Waals surface area contributed by atoms with Crippen LogP contribution in [0, 0.1) is 23.6 Å². The molecule has 3 aliphatic rings. The third-order valence-corrected chi connectivity index (χ3v) is 7.17. The van der Waals surface area contributed by atoms with E-state index >= 15 is 0 Å². The number of nitrogens with zero attached hydrogens (tertiary/aromatic N) is 1. The summed E-state index contributed by atoms with van der Waals surface area (Å²) in [5.74, 6) is -3.28. The first-order chi connectivity index (χ1) is 14.8. The van der Waals surface area contributed by atoms with Crippen LogP contribution in [0.3, 0.4) is 0 Å². The predicted molar refractivity (Wildman–Crippen MR) is 111 cm³/mol. The van der Waals surface area contributed by atoms with Crippen molar-refractivity contribution in [3.05, 3.63) is 60.2 Å². The van der Waals surface area contributed by atoms with Crippen molar-refractivity contribution in [1.82, 2.24) is 4.98 Å². The summed E-state index contributed by atoms with van der Waals surface area (Å²) < 4.78 is 47.3. The highest BCUT2D eigenvalue weighted by atomic mass is 19.3. The number of ether oxygens (including phenoxy) is 1. The normalized spacial score (nSPS) is 31.8. The molecule has 0 N–H and O–H groups in total. The fourth-order valence-electron chi connectivity index (χ4n) is 5.80. The Morgan fingerprint density at radius 3 is 2.68 bits per heavy atom. The number of benzene rings is 1. The second-order valence-corrected chi connectivity index (χ2v) is 9.13. The third-order valence-electron chi connectivity index (χ3n) is 7.17. The van der Waals surface area contributed by atoms with Gasteiger partial charge in [-0.25, -0.2) is 13.2 Å². The van der Waals surface area contributed by atoms with Crippen molar-refractivity contribution in [2.24, 2.45) is 17.8 Å². The molecule has 2 aliphatic carbocycles. The molecule has 4 atom stereocenters.